The maximum atomic E-state index is 5.78. The molecule has 0 radical (unpaired) electrons. The van der Waals surface area contributed by atoms with Crippen molar-refractivity contribution in [2.45, 2.75) is 65.6 Å². The number of allylic oxidation sites excluding steroid dienone is 5. The van der Waals surface area contributed by atoms with Crippen LogP contribution in [0, 0.1) is 18.3 Å². The minimum Gasteiger partial charge on any atom is -0.391 e. The van der Waals surface area contributed by atoms with E-state index < -0.39 is 0 Å². The van der Waals surface area contributed by atoms with Gasteiger partial charge in [-0.1, -0.05) is 31.9 Å². The highest BCUT2D eigenvalue weighted by molar-refractivity contribution is 7.83. The summed E-state index contributed by atoms with van der Waals surface area (Å²) in [7, 11) is 5.95. The van der Waals surface area contributed by atoms with Gasteiger partial charge in [0.1, 0.15) is 0 Å². The first kappa shape index (κ1) is 29.3. The Labute approximate surface area is 222 Å². The third-order valence-corrected chi connectivity index (χ3v) is 9.62. The molecule has 1 aliphatic rings. The number of terminal acetylenes is 1. The van der Waals surface area contributed by atoms with Gasteiger partial charge in [0.15, 0.2) is 0 Å². The number of thiophene rings is 1. The third-order valence-electron chi connectivity index (χ3n) is 6.53. The summed E-state index contributed by atoms with van der Waals surface area (Å²) in [6, 6.07) is 2.23. The van der Waals surface area contributed by atoms with Crippen molar-refractivity contribution in [2.75, 3.05) is 19.3 Å². The van der Waals surface area contributed by atoms with E-state index in [2.05, 4.69) is 106 Å². The molecule has 0 saturated carbocycles. The van der Waals surface area contributed by atoms with Crippen molar-refractivity contribution in [1.82, 2.24) is 10.2 Å². The van der Waals surface area contributed by atoms with Crippen LogP contribution in [0.25, 0.3) is 0 Å². The average Bonchev–Trinajstić information content (AvgIpc) is 3.12. The van der Waals surface area contributed by atoms with Gasteiger partial charge in [-0.05, 0) is 91.3 Å². The molecular weight excluding hydrogens is 490 g/mol. The molecule has 4 unspecified atom stereocenters. The van der Waals surface area contributed by atoms with Crippen LogP contribution < -0.4 is 5.32 Å². The van der Waals surface area contributed by atoms with Crippen molar-refractivity contribution in [3.05, 3.63) is 67.6 Å². The van der Waals surface area contributed by atoms with E-state index in [-0.39, 0.29) is 5.16 Å². The van der Waals surface area contributed by atoms with Crippen LogP contribution in [-0.2, 0) is 13.0 Å². The quantitative estimate of drug-likeness (QED) is 0.144. The molecule has 34 heavy (non-hydrogen) atoms. The number of hydrogen-bond donors (Lipinski definition) is 2. The van der Waals surface area contributed by atoms with E-state index in [1.165, 1.54) is 32.9 Å². The van der Waals surface area contributed by atoms with E-state index >= 15 is 0 Å². The molecule has 1 aliphatic heterocycles. The van der Waals surface area contributed by atoms with Crippen molar-refractivity contribution >= 4 is 42.4 Å². The van der Waals surface area contributed by atoms with Crippen LogP contribution in [-0.4, -0.2) is 29.3 Å². The van der Waals surface area contributed by atoms with E-state index in [9.17, 15) is 0 Å². The summed E-state index contributed by atoms with van der Waals surface area (Å²) in [5.41, 5.74) is 6.85. The highest BCUT2D eigenvalue weighted by Gasteiger charge is 2.28. The van der Waals surface area contributed by atoms with Crippen molar-refractivity contribution < 1.29 is 0 Å². The SMILES string of the molecule is C#Cc1cc2c(s1)CN(/C(=C/C)CC)CC(C(/C=C\S)=C(C)\C(=C\NCC)CC(C)(P)CP)C2. The smallest absolute Gasteiger partial charge is 0.0772 e. The maximum absolute atomic E-state index is 5.78. The molecule has 0 fully saturated rings. The van der Waals surface area contributed by atoms with Crippen LogP contribution in [0.2, 0.25) is 0 Å². The van der Waals surface area contributed by atoms with E-state index in [0.29, 0.717) is 5.92 Å². The fourth-order valence-corrected chi connectivity index (χ4v) is 6.12. The van der Waals surface area contributed by atoms with Gasteiger partial charge in [-0.3, -0.25) is 0 Å². The Kier molecular flexibility index (Phi) is 12.0. The highest BCUT2D eigenvalue weighted by atomic mass is 32.1. The van der Waals surface area contributed by atoms with E-state index in [1.54, 1.807) is 11.3 Å². The first-order chi connectivity index (χ1) is 16.2. The summed E-state index contributed by atoms with van der Waals surface area (Å²) >= 11 is 6.29. The largest absolute Gasteiger partial charge is 0.391 e. The number of hydrogen-bond acceptors (Lipinski definition) is 4. The zero-order valence-electron chi connectivity index (χ0n) is 21.4. The van der Waals surface area contributed by atoms with Gasteiger partial charge in [-0.2, -0.15) is 12.6 Å². The van der Waals surface area contributed by atoms with Crippen LogP contribution in [0.3, 0.4) is 0 Å². The van der Waals surface area contributed by atoms with E-state index in [0.717, 1.165) is 49.9 Å². The van der Waals surface area contributed by atoms with Crippen LogP contribution in [0.5, 0.6) is 0 Å². The number of thiol groups is 1. The number of rotatable bonds is 10. The Morgan fingerprint density at radius 1 is 1.44 bits per heavy atom. The summed E-state index contributed by atoms with van der Waals surface area (Å²) in [6.07, 6.45) is 16.5. The van der Waals surface area contributed by atoms with Crippen LogP contribution in [0.15, 0.2) is 52.2 Å². The standard InChI is InChI=1S/C28H42N2P2S2/c1-7-24(8-2)30-17-22(13-21-14-25(9-3)34-27(21)18-30)26(11-12-33)20(5)23(16-29-10-4)15-28(6,32)19-31/h3,7,11-12,14,16,22,29,33H,8,10,13,15,17-19,31-32H2,1-2,4-6H3/b12-11-,23-16+,24-7+,26-20-. The second-order valence-electron chi connectivity index (χ2n) is 9.28. The molecule has 6 heteroatoms. The van der Waals surface area contributed by atoms with Crippen molar-refractivity contribution in [3.63, 3.8) is 0 Å². The lowest BCUT2D eigenvalue weighted by Crippen LogP contribution is -2.28. The molecule has 0 amide bonds. The molecule has 4 atom stereocenters. The van der Waals surface area contributed by atoms with Gasteiger partial charge in [0.05, 0.1) is 11.4 Å². The molecule has 1 N–H and O–H groups in total. The molecular formula is C28H42N2P2S2. The summed E-state index contributed by atoms with van der Waals surface area (Å²) in [6.45, 7) is 13.9. The molecule has 2 rings (SSSR count). The molecule has 1 aromatic heterocycles. The van der Waals surface area contributed by atoms with Crippen molar-refractivity contribution in [2.24, 2.45) is 5.92 Å². The lowest BCUT2D eigenvalue weighted by molar-refractivity contribution is 0.301. The number of fused-ring (bicyclic) bond motifs is 1. The van der Waals surface area contributed by atoms with Crippen LogP contribution in [0.4, 0.5) is 0 Å². The summed E-state index contributed by atoms with van der Waals surface area (Å²) in [5.74, 6) is 3.22. The molecule has 0 aliphatic carbocycles. The fourth-order valence-electron chi connectivity index (χ4n) is 4.57. The average molecular weight is 533 g/mol. The topological polar surface area (TPSA) is 15.3 Å². The van der Waals surface area contributed by atoms with Gasteiger partial charge in [0.2, 0.25) is 0 Å². The van der Waals surface area contributed by atoms with E-state index in [1.807, 2.05) is 5.41 Å². The molecule has 0 bridgehead atoms. The summed E-state index contributed by atoms with van der Waals surface area (Å²) in [5, 5.41) is 5.49. The molecule has 186 valence electrons. The first-order valence-corrected chi connectivity index (χ1v) is 14.9. The van der Waals surface area contributed by atoms with Crippen LogP contribution in [0.1, 0.15) is 62.8 Å². The van der Waals surface area contributed by atoms with Crippen molar-refractivity contribution in [1.29, 1.82) is 0 Å². The fraction of sp³-hybridized carbons (Fsp3) is 0.500. The van der Waals surface area contributed by atoms with Crippen LogP contribution >= 0.6 is 42.4 Å². The summed E-state index contributed by atoms with van der Waals surface area (Å²) in [4.78, 5) is 4.99. The van der Waals surface area contributed by atoms with Gasteiger partial charge < -0.3 is 10.2 Å². The minimum absolute atomic E-state index is 0.126. The lowest BCUT2D eigenvalue weighted by atomic mass is 9.85. The Hall–Kier alpha value is -0.970. The molecule has 1 aromatic rings. The monoisotopic (exact) mass is 532 g/mol. The number of nitrogens with one attached hydrogen (secondary N) is 1. The molecule has 2 heterocycles. The predicted molar refractivity (Wildman–Crippen MR) is 164 cm³/mol. The Morgan fingerprint density at radius 2 is 2.18 bits per heavy atom. The second-order valence-corrected chi connectivity index (χ2v) is 12.5. The first-order valence-electron chi connectivity index (χ1n) is 12.1. The predicted octanol–water partition coefficient (Wildman–Crippen LogP) is 7.17. The molecule has 0 aromatic carbocycles. The van der Waals surface area contributed by atoms with Gasteiger partial charge in [0, 0.05) is 29.6 Å². The maximum Gasteiger partial charge on any atom is 0.0772 e. The summed E-state index contributed by atoms with van der Waals surface area (Å²) < 4.78 is 0. The van der Waals surface area contributed by atoms with E-state index in [4.69, 9.17) is 6.42 Å². The second kappa shape index (κ2) is 13.9. The van der Waals surface area contributed by atoms with Gasteiger partial charge in [-0.25, -0.2) is 0 Å². The van der Waals surface area contributed by atoms with Gasteiger partial charge in [-0.15, -0.1) is 36.2 Å². The molecule has 2 nitrogen and oxygen atoms in total. The third kappa shape index (κ3) is 7.77. The minimum atomic E-state index is 0.126. The number of nitrogens with zero attached hydrogens (tertiary/aromatic N) is 1. The van der Waals surface area contributed by atoms with Gasteiger partial charge in [0.25, 0.3) is 0 Å². The molecule has 0 spiro atoms. The normalized spacial score (nSPS) is 19.9. The zero-order chi connectivity index (χ0) is 25.3. The highest BCUT2D eigenvalue weighted by Crippen LogP contribution is 2.38. The zero-order valence-corrected chi connectivity index (χ0v) is 25.5. The lowest BCUT2D eigenvalue weighted by Gasteiger charge is -2.31. The Morgan fingerprint density at radius 3 is 2.74 bits per heavy atom. The van der Waals surface area contributed by atoms with Gasteiger partial charge >= 0.3 is 0 Å². The van der Waals surface area contributed by atoms with Crippen molar-refractivity contribution in [3.8, 4) is 12.3 Å². The Balaban J connectivity index is 2.63. The Bertz CT molecular complexity index is 993. The molecule has 0 saturated heterocycles.